The summed E-state index contributed by atoms with van der Waals surface area (Å²) in [5.41, 5.74) is 0. The average molecular weight is 314 g/mol. The largest absolute Gasteiger partial charge is 0.355 e. The predicted octanol–water partition coefficient (Wildman–Crippen LogP) is 2.34. The molecule has 6 rings (SSSR count). The van der Waals surface area contributed by atoms with Crippen LogP contribution in [-0.2, 0) is 11.2 Å². The molecule has 5 saturated carbocycles. The van der Waals surface area contributed by atoms with E-state index in [1.165, 1.54) is 44.9 Å². The monoisotopic (exact) mass is 314 g/mol. The lowest BCUT2D eigenvalue weighted by atomic mass is 9.51. The summed E-state index contributed by atoms with van der Waals surface area (Å²) in [6, 6.07) is 0.611. The number of aromatic nitrogens is 3. The van der Waals surface area contributed by atoms with Crippen molar-refractivity contribution in [2.45, 2.75) is 57.4 Å². The van der Waals surface area contributed by atoms with E-state index in [0.29, 0.717) is 36.2 Å². The maximum absolute atomic E-state index is 12.7. The maximum atomic E-state index is 12.7. The van der Waals surface area contributed by atoms with Crippen LogP contribution in [0.25, 0.3) is 0 Å². The molecule has 5 aliphatic rings. The van der Waals surface area contributed by atoms with Crippen LogP contribution in [0.1, 0.15) is 56.8 Å². The molecule has 1 amide bonds. The lowest BCUT2D eigenvalue weighted by molar-refractivity contribution is -0.138. The quantitative estimate of drug-likeness (QED) is 0.907. The zero-order valence-electron chi connectivity index (χ0n) is 13.7. The van der Waals surface area contributed by atoms with Crippen molar-refractivity contribution < 1.29 is 4.79 Å². The molecule has 5 fully saturated rings. The fraction of sp³-hybridized carbons (Fsp3) is 0.833. The van der Waals surface area contributed by atoms with Gasteiger partial charge >= 0.3 is 0 Å². The van der Waals surface area contributed by atoms with Crippen LogP contribution >= 0.6 is 0 Å². The second-order valence-electron chi connectivity index (χ2n) is 8.38. The van der Waals surface area contributed by atoms with Crippen LogP contribution in [0, 0.1) is 29.6 Å². The Balaban J connectivity index is 1.18. The van der Waals surface area contributed by atoms with Crippen molar-refractivity contribution in [3.05, 3.63) is 12.2 Å². The first-order valence-electron chi connectivity index (χ1n) is 9.44. The summed E-state index contributed by atoms with van der Waals surface area (Å²) in [5.74, 6) is 4.83. The molecule has 1 heterocycles. The van der Waals surface area contributed by atoms with E-state index in [0.717, 1.165) is 24.1 Å². The van der Waals surface area contributed by atoms with Gasteiger partial charge in [-0.3, -0.25) is 4.79 Å². The van der Waals surface area contributed by atoms with E-state index >= 15 is 0 Å². The number of carbonyl (C=O) groups excluding carboxylic acids is 1. The molecule has 0 saturated heterocycles. The van der Waals surface area contributed by atoms with Gasteiger partial charge in [-0.25, -0.2) is 0 Å². The van der Waals surface area contributed by atoms with Gasteiger partial charge in [0.1, 0.15) is 12.2 Å². The molecule has 1 N–H and O–H groups in total. The molecule has 5 heteroatoms. The van der Waals surface area contributed by atoms with Gasteiger partial charge in [0.05, 0.1) is 0 Å². The van der Waals surface area contributed by atoms with Gasteiger partial charge in [-0.15, -0.1) is 10.2 Å². The highest BCUT2D eigenvalue weighted by Crippen LogP contribution is 2.56. The standard InChI is InChI=1S/C18H26N4O/c23-18(17-13-6-11-5-12(8-13)9-14(17)7-11)19-4-3-16-21-20-10-22(16)15-1-2-15/h10-15,17H,1-9H2,(H,19,23). The fourth-order valence-corrected chi connectivity index (χ4v) is 5.87. The van der Waals surface area contributed by atoms with Gasteiger partial charge in [-0.1, -0.05) is 0 Å². The van der Waals surface area contributed by atoms with Crippen LogP contribution in [0.4, 0.5) is 0 Å². The number of carbonyl (C=O) groups is 1. The average Bonchev–Trinajstić information content (AvgIpc) is 3.25. The molecule has 124 valence electrons. The molecule has 0 aromatic carbocycles. The highest BCUT2D eigenvalue weighted by Gasteiger charge is 2.50. The zero-order chi connectivity index (χ0) is 15.4. The Hall–Kier alpha value is -1.39. The molecule has 1 aromatic rings. The topological polar surface area (TPSA) is 59.8 Å². The predicted molar refractivity (Wildman–Crippen MR) is 85.5 cm³/mol. The summed E-state index contributed by atoms with van der Waals surface area (Å²) in [6.07, 6.45) is 11.8. The van der Waals surface area contributed by atoms with Gasteiger partial charge in [0.15, 0.2) is 0 Å². The molecule has 4 bridgehead atoms. The number of nitrogens with zero attached hydrogens (tertiary/aromatic N) is 3. The number of hydrogen-bond donors (Lipinski definition) is 1. The third-order valence-corrected chi connectivity index (χ3v) is 6.76. The Morgan fingerprint density at radius 2 is 1.83 bits per heavy atom. The first-order valence-corrected chi connectivity index (χ1v) is 9.44. The first kappa shape index (κ1) is 14.0. The van der Waals surface area contributed by atoms with E-state index in [1.54, 1.807) is 0 Å². The molecule has 0 atom stereocenters. The Bertz CT molecular complexity index is 578. The number of rotatable bonds is 5. The van der Waals surface area contributed by atoms with Crippen LogP contribution in [-0.4, -0.2) is 27.2 Å². The van der Waals surface area contributed by atoms with Gasteiger partial charge in [0.2, 0.25) is 5.91 Å². The molecular formula is C18H26N4O. The summed E-state index contributed by atoms with van der Waals surface area (Å²) in [6.45, 7) is 0.701. The van der Waals surface area contributed by atoms with Crippen molar-refractivity contribution >= 4 is 5.91 Å². The van der Waals surface area contributed by atoms with Crippen molar-refractivity contribution in [1.29, 1.82) is 0 Å². The van der Waals surface area contributed by atoms with E-state index in [1.807, 2.05) is 6.33 Å². The SMILES string of the molecule is O=C(NCCc1nncn1C1CC1)C1C2CC3CC(C2)CC1C3. The lowest BCUT2D eigenvalue weighted by Gasteiger charge is -2.53. The molecular weight excluding hydrogens is 288 g/mol. The molecule has 0 radical (unpaired) electrons. The summed E-state index contributed by atoms with van der Waals surface area (Å²) in [7, 11) is 0. The van der Waals surface area contributed by atoms with Crippen molar-refractivity contribution in [1.82, 2.24) is 20.1 Å². The minimum absolute atomic E-state index is 0.295. The maximum Gasteiger partial charge on any atom is 0.223 e. The molecule has 5 aliphatic carbocycles. The lowest BCUT2D eigenvalue weighted by Crippen LogP contribution is -2.51. The van der Waals surface area contributed by atoms with Crippen molar-refractivity contribution in [3.8, 4) is 0 Å². The number of amides is 1. The van der Waals surface area contributed by atoms with Crippen molar-refractivity contribution in [2.24, 2.45) is 29.6 Å². The normalized spacial score (nSPS) is 38.0. The third kappa shape index (κ3) is 2.48. The smallest absolute Gasteiger partial charge is 0.223 e. The molecule has 1 aromatic heterocycles. The van der Waals surface area contributed by atoms with E-state index in [-0.39, 0.29) is 0 Å². The molecule has 5 nitrogen and oxygen atoms in total. The van der Waals surface area contributed by atoms with Gasteiger partial charge in [-0.05, 0) is 68.6 Å². The summed E-state index contributed by atoms with van der Waals surface area (Å²) >= 11 is 0. The Morgan fingerprint density at radius 1 is 1.13 bits per heavy atom. The Labute approximate surface area is 137 Å². The Morgan fingerprint density at radius 3 is 2.48 bits per heavy atom. The second-order valence-corrected chi connectivity index (χ2v) is 8.38. The second kappa shape index (κ2) is 5.32. The van der Waals surface area contributed by atoms with Crippen LogP contribution in [0.2, 0.25) is 0 Å². The van der Waals surface area contributed by atoms with Gasteiger partial charge in [0.25, 0.3) is 0 Å². The molecule has 0 spiro atoms. The third-order valence-electron chi connectivity index (χ3n) is 6.76. The first-order chi connectivity index (χ1) is 11.3. The van der Waals surface area contributed by atoms with E-state index in [9.17, 15) is 4.79 Å². The number of nitrogens with one attached hydrogen (secondary N) is 1. The fourth-order valence-electron chi connectivity index (χ4n) is 5.87. The minimum atomic E-state index is 0.295. The van der Waals surface area contributed by atoms with Gasteiger partial charge in [0, 0.05) is 24.9 Å². The van der Waals surface area contributed by atoms with Crippen LogP contribution in [0.15, 0.2) is 6.33 Å². The van der Waals surface area contributed by atoms with E-state index < -0.39 is 0 Å². The number of hydrogen-bond acceptors (Lipinski definition) is 3. The van der Waals surface area contributed by atoms with E-state index in [4.69, 9.17) is 0 Å². The van der Waals surface area contributed by atoms with Crippen molar-refractivity contribution in [2.75, 3.05) is 6.54 Å². The summed E-state index contributed by atoms with van der Waals surface area (Å²) in [4.78, 5) is 12.7. The summed E-state index contributed by atoms with van der Waals surface area (Å²) in [5, 5.41) is 11.5. The Kier molecular flexibility index (Phi) is 3.24. The van der Waals surface area contributed by atoms with E-state index in [2.05, 4.69) is 20.1 Å². The van der Waals surface area contributed by atoms with Crippen LogP contribution in [0.5, 0.6) is 0 Å². The van der Waals surface area contributed by atoms with Crippen molar-refractivity contribution in [3.63, 3.8) is 0 Å². The molecule has 0 unspecified atom stereocenters. The molecule has 0 aliphatic heterocycles. The van der Waals surface area contributed by atoms with Crippen LogP contribution in [0.3, 0.4) is 0 Å². The van der Waals surface area contributed by atoms with Gasteiger partial charge < -0.3 is 9.88 Å². The highest BCUT2D eigenvalue weighted by atomic mass is 16.1. The highest BCUT2D eigenvalue weighted by molar-refractivity contribution is 5.79. The minimum Gasteiger partial charge on any atom is -0.355 e. The molecule has 23 heavy (non-hydrogen) atoms. The van der Waals surface area contributed by atoms with Gasteiger partial charge in [-0.2, -0.15) is 0 Å². The van der Waals surface area contributed by atoms with Crippen LogP contribution < -0.4 is 5.32 Å². The summed E-state index contributed by atoms with van der Waals surface area (Å²) < 4.78 is 2.19. The zero-order valence-corrected chi connectivity index (χ0v) is 13.7.